The molecule has 94 valence electrons. The highest BCUT2D eigenvalue weighted by Crippen LogP contribution is 2.33. The van der Waals surface area contributed by atoms with E-state index in [0.29, 0.717) is 12.6 Å². The predicted molar refractivity (Wildman–Crippen MR) is 60.0 cm³/mol. The second-order valence-electron chi connectivity index (χ2n) is 4.15. The summed E-state index contributed by atoms with van der Waals surface area (Å²) < 4.78 is 8.13. The van der Waals surface area contributed by atoms with Gasteiger partial charge in [-0.15, -0.1) is 0 Å². The minimum atomic E-state index is -1.04. The Morgan fingerprint density at radius 3 is 2.82 bits per heavy atom. The SMILES string of the molecule is CCOC(Cn1ccn(C2CC2)c1=O)C(=O)O. The van der Waals surface area contributed by atoms with Crippen LogP contribution in [0.1, 0.15) is 25.8 Å². The zero-order valence-corrected chi connectivity index (χ0v) is 9.70. The van der Waals surface area contributed by atoms with Gasteiger partial charge in [-0.1, -0.05) is 0 Å². The van der Waals surface area contributed by atoms with Crippen LogP contribution in [0.5, 0.6) is 0 Å². The maximum absolute atomic E-state index is 11.9. The molecule has 0 bridgehead atoms. The molecule has 6 nitrogen and oxygen atoms in total. The first-order chi connectivity index (χ1) is 8.13. The van der Waals surface area contributed by atoms with Gasteiger partial charge in [0.05, 0.1) is 6.54 Å². The number of aromatic nitrogens is 2. The molecule has 1 N–H and O–H groups in total. The molecule has 1 fully saturated rings. The summed E-state index contributed by atoms with van der Waals surface area (Å²) in [6.07, 6.45) is 4.42. The van der Waals surface area contributed by atoms with Crippen LogP contribution in [0.4, 0.5) is 0 Å². The van der Waals surface area contributed by atoms with Crippen molar-refractivity contribution >= 4 is 5.97 Å². The van der Waals surface area contributed by atoms with Gasteiger partial charge in [0.1, 0.15) is 0 Å². The summed E-state index contributed by atoms with van der Waals surface area (Å²) in [7, 11) is 0. The highest BCUT2D eigenvalue weighted by atomic mass is 16.5. The minimum Gasteiger partial charge on any atom is -0.479 e. The number of hydrogen-bond donors (Lipinski definition) is 1. The van der Waals surface area contributed by atoms with Gasteiger partial charge in [0.25, 0.3) is 0 Å². The van der Waals surface area contributed by atoms with Crippen molar-refractivity contribution in [1.29, 1.82) is 0 Å². The molecule has 17 heavy (non-hydrogen) atoms. The van der Waals surface area contributed by atoms with Crippen LogP contribution >= 0.6 is 0 Å². The lowest BCUT2D eigenvalue weighted by Gasteiger charge is -2.12. The summed E-state index contributed by atoms with van der Waals surface area (Å²) in [6, 6.07) is 0.305. The van der Waals surface area contributed by atoms with E-state index in [2.05, 4.69) is 0 Å². The molecule has 1 atom stereocenters. The van der Waals surface area contributed by atoms with E-state index in [0.717, 1.165) is 12.8 Å². The summed E-state index contributed by atoms with van der Waals surface area (Å²) in [5, 5.41) is 8.94. The molecule has 1 aromatic rings. The molecule has 6 heteroatoms. The van der Waals surface area contributed by atoms with Gasteiger partial charge in [0.15, 0.2) is 6.10 Å². The number of imidazole rings is 1. The zero-order chi connectivity index (χ0) is 12.4. The maximum Gasteiger partial charge on any atom is 0.334 e. The number of carbonyl (C=O) groups is 1. The fourth-order valence-corrected chi connectivity index (χ4v) is 1.78. The molecule has 0 amide bonds. The average Bonchev–Trinajstić information content (AvgIpc) is 3.05. The second kappa shape index (κ2) is 4.75. The Hall–Kier alpha value is -1.56. The van der Waals surface area contributed by atoms with Crippen molar-refractivity contribution in [2.24, 2.45) is 0 Å². The number of rotatable bonds is 6. The van der Waals surface area contributed by atoms with Crippen LogP contribution in [0, 0.1) is 0 Å². The Morgan fingerprint density at radius 1 is 1.59 bits per heavy atom. The van der Waals surface area contributed by atoms with E-state index >= 15 is 0 Å². The molecule has 0 aliphatic heterocycles. The topological polar surface area (TPSA) is 73.5 Å². The van der Waals surface area contributed by atoms with Crippen LogP contribution < -0.4 is 5.69 Å². The first-order valence-corrected chi connectivity index (χ1v) is 5.75. The van der Waals surface area contributed by atoms with Crippen LogP contribution in [0.2, 0.25) is 0 Å². The van der Waals surface area contributed by atoms with Gasteiger partial charge >= 0.3 is 11.7 Å². The molecule has 1 saturated carbocycles. The lowest BCUT2D eigenvalue weighted by atomic mass is 10.3. The summed E-state index contributed by atoms with van der Waals surface area (Å²) >= 11 is 0. The van der Waals surface area contributed by atoms with Crippen LogP contribution in [-0.2, 0) is 16.1 Å². The van der Waals surface area contributed by atoms with E-state index in [9.17, 15) is 9.59 Å². The number of aliphatic carboxylic acids is 1. The Labute approximate surface area is 98.4 Å². The van der Waals surface area contributed by atoms with Crippen molar-refractivity contribution in [3.63, 3.8) is 0 Å². The van der Waals surface area contributed by atoms with Crippen molar-refractivity contribution in [3.05, 3.63) is 22.9 Å². The quantitative estimate of drug-likeness (QED) is 0.784. The van der Waals surface area contributed by atoms with Gasteiger partial charge in [-0.25, -0.2) is 9.59 Å². The third-order valence-electron chi connectivity index (χ3n) is 2.82. The molecule has 0 saturated heterocycles. The van der Waals surface area contributed by atoms with Gasteiger partial charge in [-0.05, 0) is 19.8 Å². The largest absolute Gasteiger partial charge is 0.479 e. The summed E-state index contributed by atoms with van der Waals surface area (Å²) in [5.74, 6) is -1.04. The first-order valence-electron chi connectivity index (χ1n) is 5.75. The fourth-order valence-electron chi connectivity index (χ4n) is 1.78. The fraction of sp³-hybridized carbons (Fsp3) is 0.636. The lowest BCUT2D eigenvalue weighted by Crippen LogP contribution is -2.34. The third-order valence-corrected chi connectivity index (χ3v) is 2.82. The highest BCUT2D eigenvalue weighted by molar-refractivity contribution is 5.72. The van der Waals surface area contributed by atoms with E-state index in [1.54, 1.807) is 23.9 Å². The van der Waals surface area contributed by atoms with Crippen LogP contribution in [0.25, 0.3) is 0 Å². The molecule has 1 aromatic heterocycles. The van der Waals surface area contributed by atoms with E-state index < -0.39 is 12.1 Å². The Bertz CT molecular complexity index is 458. The molecule has 2 rings (SSSR count). The van der Waals surface area contributed by atoms with E-state index in [4.69, 9.17) is 9.84 Å². The smallest absolute Gasteiger partial charge is 0.334 e. The lowest BCUT2D eigenvalue weighted by molar-refractivity contribution is -0.151. The molecule has 0 radical (unpaired) electrons. The van der Waals surface area contributed by atoms with Crippen molar-refractivity contribution in [2.75, 3.05) is 6.61 Å². The van der Waals surface area contributed by atoms with Crippen molar-refractivity contribution < 1.29 is 14.6 Å². The van der Waals surface area contributed by atoms with E-state index in [1.807, 2.05) is 0 Å². The molecule has 0 spiro atoms. The predicted octanol–water partition coefficient (Wildman–Crippen LogP) is 0.474. The Kier molecular flexibility index (Phi) is 3.33. The number of carboxylic acid groups (broad SMARTS) is 1. The summed E-state index contributed by atoms with van der Waals surface area (Å²) in [5.41, 5.74) is -0.154. The molecule has 1 aliphatic carbocycles. The Morgan fingerprint density at radius 2 is 2.29 bits per heavy atom. The zero-order valence-electron chi connectivity index (χ0n) is 9.70. The standard InChI is InChI=1S/C11H16N2O4/c1-2-17-9(10(14)15)7-12-5-6-13(11(12)16)8-3-4-8/h5-6,8-9H,2-4,7H2,1H3,(H,14,15). The third kappa shape index (κ3) is 2.58. The molecule has 0 aromatic carbocycles. The van der Waals surface area contributed by atoms with E-state index in [1.165, 1.54) is 4.57 Å². The minimum absolute atomic E-state index is 0.0573. The Balaban J connectivity index is 2.11. The maximum atomic E-state index is 11.9. The van der Waals surface area contributed by atoms with Gasteiger partial charge in [0, 0.05) is 25.0 Å². The van der Waals surface area contributed by atoms with Crippen LogP contribution in [-0.4, -0.2) is 32.9 Å². The molecule has 1 heterocycles. The van der Waals surface area contributed by atoms with Crippen molar-refractivity contribution in [1.82, 2.24) is 9.13 Å². The van der Waals surface area contributed by atoms with Crippen molar-refractivity contribution in [3.8, 4) is 0 Å². The van der Waals surface area contributed by atoms with Gasteiger partial charge < -0.3 is 9.84 Å². The van der Waals surface area contributed by atoms with Gasteiger partial charge in [-0.3, -0.25) is 9.13 Å². The first kappa shape index (κ1) is 11.9. The highest BCUT2D eigenvalue weighted by Gasteiger charge is 2.26. The molecule has 1 unspecified atom stereocenters. The number of carboxylic acids is 1. The van der Waals surface area contributed by atoms with Crippen molar-refractivity contribution in [2.45, 2.75) is 38.5 Å². The summed E-state index contributed by atoms with van der Waals surface area (Å²) in [4.78, 5) is 22.8. The molecular weight excluding hydrogens is 224 g/mol. The normalized spacial score (nSPS) is 17.0. The monoisotopic (exact) mass is 240 g/mol. The molecular formula is C11H16N2O4. The van der Waals surface area contributed by atoms with E-state index in [-0.39, 0.29) is 12.2 Å². The van der Waals surface area contributed by atoms with Crippen LogP contribution in [0.3, 0.4) is 0 Å². The summed E-state index contributed by atoms with van der Waals surface area (Å²) in [6.45, 7) is 2.10. The number of ether oxygens (including phenoxy) is 1. The molecule has 1 aliphatic rings. The number of hydrogen-bond acceptors (Lipinski definition) is 3. The second-order valence-corrected chi connectivity index (χ2v) is 4.15. The number of nitrogens with zero attached hydrogens (tertiary/aromatic N) is 2. The average molecular weight is 240 g/mol. The van der Waals surface area contributed by atoms with Crippen LogP contribution in [0.15, 0.2) is 17.2 Å². The van der Waals surface area contributed by atoms with Gasteiger partial charge in [-0.2, -0.15) is 0 Å². The van der Waals surface area contributed by atoms with Gasteiger partial charge in [0.2, 0.25) is 0 Å².